The molecule has 2 rings (SSSR count). The van der Waals surface area contributed by atoms with Crippen LogP contribution in [0.2, 0.25) is 0 Å². The van der Waals surface area contributed by atoms with Gasteiger partial charge in [-0.2, -0.15) is 5.10 Å². The number of amides is 1. The maximum absolute atomic E-state index is 12.4. The summed E-state index contributed by atoms with van der Waals surface area (Å²) in [6.07, 6.45) is 2.47. The van der Waals surface area contributed by atoms with Crippen LogP contribution in [0.3, 0.4) is 0 Å². The molecular formula is C17H21N3O3S2. The van der Waals surface area contributed by atoms with Gasteiger partial charge in [0, 0.05) is 18.1 Å². The van der Waals surface area contributed by atoms with Crippen molar-refractivity contribution in [2.45, 2.75) is 19.8 Å². The van der Waals surface area contributed by atoms with Gasteiger partial charge in [-0.25, -0.2) is 4.68 Å². The smallest absolute Gasteiger partial charge is 0.304 e. The maximum Gasteiger partial charge on any atom is 0.304 e. The summed E-state index contributed by atoms with van der Waals surface area (Å²) in [4.78, 5) is 22.8. The number of rotatable bonds is 10. The first-order chi connectivity index (χ1) is 12.1. The third-order valence-corrected chi connectivity index (χ3v) is 5.81. The van der Waals surface area contributed by atoms with Crippen LogP contribution in [-0.4, -0.2) is 44.8 Å². The monoisotopic (exact) mass is 379 g/mol. The van der Waals surface area contributed by atoms with Crippen LogP contribution in [0.25, 0.3) is 5.69 Å². The van der Waals surface area contributed by atoms with Crippen LogP contribution >= 0.6 is 21.6 Å². The minimum absolute atomic E-state index is 0.129. The molecule has 0 bridgehead atoms. The Kier molecular flexibility index (Phi) is 7.87. The third kappa shape index (κ3) is 5.82. The molecule has 0 saturated heterocycles. The predicted octanol–water partition coefficient (Wildman–Crippen LogP) is 3.02. The summed E-state index contributed by atoms with van der Waals surface area (Å²) in [5, 5.41) is 15.8. The summed E-state index contributed by atoms with van der Waals surface area (Å²) in [5.41, 5.74) is 2.41. The van der Waals surface area contributed by atoms with Gasteiger partial charge in [0.1, 0.15) is 0 Å². The van der Waals surface area contributed by atoms with E-state index in [1.165, 1.54) is 10.8 Å². The van der Waals surface area contributed by atoms with E-state index in [1.807, 2.05) is 37.3 Å². The molecule has 0 saturated carbocycles. The number of carboxylic acid groups (broad SMARTS) is 1. The summed E-state index contributed by atoms with van der Waals surface area (Å²) in [6.45, 7) is 2.53. The number of para-hydroxylation sites is 1. The zero-order valence-corrected chi connectivity index (χ0v) is 15.6. The van der Waals surface area contributed by atoms with Crippen molar-refractivity contribution in [2.75, 3.05) is 18.1 Å². The third-order valence-electron chi connectivity index (χ3n) is 3.40. The highest BCUT2D eigenvalue weighted by molar-refractivity contribution is 8.76. The van der Waals surface area contributed by atoms with Crippen LogP contribution in [0.4, 0.5) is 0 Å². The van der Waals surface area contributed by atoms with Crippen molar-refractivity contribution in [1.29, 1.82) is 0 Å². The standard InChI is InChI=1S/C17H21N3O3S2/c1-2-15-14(12-19-20(15)13-6-4-3-5-7-13)17(23)18-9-11-25-24-10-8-16(21)22/h3-7,12H,2,8-11H2,1H3,(H,18,23)(H,21,22). The lowest BCUT2D eigenvalue weighted by Gasteiger charge is -2.08. The highest BCUT2D eigenvalue weighted by Gasteiger charge is 2.16. The van der Waals surface area contributed by atoms with Crippen molar-refractivity contribution < 1.29 is 14.7 Å². The van der Waals surface area contributed by atoms with Crippen LogP contribution in [0.1, 0.15) is 29.4 Å². The Bertz CT molecular complexity index is 704. The molecule has 2 N–H and O–H groups in total. The largest absolute Gasteiger partial charge is 0.481 e. The summed E-state index contributed by atoms with van der Waals surface area (Å²) < 4.78 is 1.80. The van der Waals surface area contributed by atoms with Crippen molar-refractivity contribution in [1.82, 2.24) is 15.1 Å². The Morgan fingerprint density at radius 2 is 1.92 bits per heavy atom. The van der Waals surface area contributed by atoms with Gasteiger partial charge in [0.15, 0.2) is 0 Å². The molecule has 0 spiro atoms. The van der Waals surface area contributed by atoms with E-state index in [2.05, 4.69) is 10.4 Å². The molecule has 6 nitrogen and oxygen atoms in total. The van der Waals surface area contributed by atoms with Crippen molar-refractivity contribution in [3.63, 3.8) is 0 Å². The number of hydrogen-bond donors (Lipinski definition) is 2. The number of nitrogens with zero attached hydrogens (tertiary/aromatic N) is 2. The fraction of sp³-hybridized carbons (Fsp3) is 0.353. The van der Waals surface area contributed by atoms with Gasteiger partial charge >= 0.3 is 5.97 Å². The average Bonchev–Trinajstić information content (AvgIpc) is 3.05. The van der Waals surface area contributed by atoms with E-state index in [0.29, 0.717) is 24.3 Å². The number of hydrogen-bond acceptors (Lipinski definition) is 5. The summed E-state index contributed by atoms with van der Waals surface area (Å²) >= 11 is 0. The van der Waals surface area contributed by atoms with E-state index in [0.717, 1.165) is 17.1 Å². The molecule has 8 heteroatoms. The van der Waals surface area contributed by atoms with Crippen LogP contribution in [0.15, 0.2) is 36.5 Å². The van der Waals surface area contributed by atoms with Crippen LogP contribution < -0.4 is 5.32 Å². The number of carbonyl (C=O) groups is 2. The summed E-state index contributed by atoms with van der Waals surface area (Å²) in [7, 11) is 3.07. The Morgan fingerprint density at radius 3 is 2.60 bits per heavy atom. The molecule has 1 aromatic carbocycles. The Hall–Kier alpha value is -1.93. The summed E-state index contributed by atoms with van der Waals surface area (Å²) in [5.74, 6) is 0.376. The topological polar surface area (TPSA) is 84.2 Å². The molecule has 0 aliphatic heterocycles. The first-order valence-corrected chi connectivity index (χ1v) is 10.5. The van der Waals surface area contributed by atoms with Gasteiger partial charge in [0.05, 0.1) is 29.6 Å². The average molecular weight is 380 g/mol. The van der Waals surface area contributed by atoms with Crippen LogP contribution in [0, 0.1) is 0 Å². The van der Waals surface area contributed by atoms with E-state index >= 15 is 0 Å². The minimum atomic E-state index is -0.788. The van der Waals surface area contributed by atoms with Crippen LogP contribution in [0.5, 0.6) is 0 Å². The zero-order chi connectivity index (χ0) is 18.1. The Balaban J connectivity index is 1.86. The second kappa shape index (κ2) is 10.1. The number of carbonyl (C=O) groups excluding carboxylic acids is 1. The predicted molar refractivity (Wildman–Crippen MR) is 102 cm³/mol. The van der Waals surface area contributed by atoms with Gasteiger partial charge in [-0.3, -0.25) is 9.59 Å². The molecule has 0 aliphatic carbocycles. The van der Waals surface area contributed by atoms with E-state index in [4.69, 9.17) is 5.11 Å². The van der Waals surface area contributed by atoms with Crippen molar-refractivity contribution in [3.05, 3.63) is 47.8 Å². The number of aromatic nitrogens is 2. The molecule has 25 heavy (non-hydrogen) atoms. The Morgan fingerprint density at radius 1 is 1.20 bits per heavy atom. The molecule has 0 unspecified atom stereocenters. The Labute approximate surface area is 154 Å². The van der Waals surface area contributed by atoms with Crippen molar-refractivity contribution in [3.8, 4) is 5.69 Å². The van der Waals surface area contributed by atoms with Gasteiger partial charge in [-0.1, -0.05) is 46.7 Å². The molecule has 2 aromatic rings. The zero-order valence-electron chi connectivity index (χ0n) is 14.0. The molecular weight excluding hydrogens is 358 g/mol. The van der Waals surface area contributed by atoms with Gasteiger partial charge in [-0.05, 0) is 18.6 Å². The molecule has 1 heterocycles. The van der Waals surface area contributed by atoms with Gasteiger partial charge in [-0.15, -0.1) is 0 Å². The number of carboxylic acids is 1. The van der Waals surface area contributed by atoms with Crippen molar-refractivity contribution >= 4 is 33.5 Å². The quantitative estimate of drug-likeness (QED) is 0.488. The lowest BCUT2D eigenvalue weighted by molar-refractivity contribution is -0.136. The molecule has 0 fully saturated rings. The van der Waals surface area contributed by atoms with E-state index in [-0.39, 0.29) is 12.3 Å². The molecule has 1 amide bonds. The molecule has 0 aliphatic rings. The second-order valence-electron chi connectivity index (χ2n) is 5.15. The second-order valence-corrected chi connectivity index (χ2v) is 7.85. The molecule has 134 valence electrons. The molecule has 0 radical (unpaired) electrons. The minimum Gasteiger partial charge on any atom is -0.481 e. The van der Waals surface area contributed by atoms with Gasteiger partial charge in [0.25, 0.3) is 5.91 Å². The van der Waals surface area contributed by atoms with Gasteiger partial charge in [0.2, 0.25) is 0 Å². The fourth-order valence-corrected chi connectivity index (χ4v) is 4.13. The summed E-state index contributed by atoms with van der Waals surface area (Å²) in [6, 6.07) is 9.74. The lowest BCUT2D eigenvalue weighted by atomic mass is 10.2. The van der Waals surface area contributed by atoms with E-state index in [1.54, 1.807) is 21.7 Å². The molecule has 0 atom stereocenters. The normalized spacial score (nSPS) is 10.6. The first-order valence-electron chi connectivity index (χ1n) is 8.00. The fourth-order valence-electron chi connectivity index (χ4n) is 2.24. The number of aliphatic carboxylic acids is 1. The number of benzene rings is 1. The molecule has 1 aromatic heterocycles. The highest BCUT2D eigenvalue weighted by Crippen LogP contribution is 2.21. The lowest BCUT2D eigenvalue weighted by Crippen LogP contribution is -2.26. The van der Waals surface area contributed by atoms with Crippen LogP contribution in [-0.2, 0) is 11.2 Å². The van der Waals surface area contributed by atoms with E-state index in [9.17, 15) is 9.59 Å². The van der Waals surface area contributed by atoms with E-state index < -0.39 is 5.97 Å². The van der Waals surface area contributed by atoms with Crippen molar-refractivity contribution in [2.24, 2.45) is 0 Å². The first kappa shape index (κ1) is 19.4. The highest BCUT2D eigenvalue weighted by atomic mass is 33.1. The van der Waals surface area contributed by atoms with Gasteiger partial charge < -0.3 is 10.4 Å². The SMILES string of the molecule is CCc1c(C(=O)NCCSSCCC(=O)O)cnn1-c1ccccc1. The number of nitrogens with one attached hydrogen (secondary N) is 1. The maximum atomic E-state index is 12.4.